The second-order valence-corrected chi connectivity index (χ2v) is 5.61. The largest absolute Gasteiger partial charge is 0.503 e. The average molecular weight is 411 g/mol. The molecule has 0 aliphatic rings. The lowest BCUT2D eigenvalue weighted by Crippen LogP contribution is -2.01. The number of furan rings is 1. The Hall–Kier alpha value is -2.74. The van der Waals surface area contributed by atoms with E-state index in [0.29, 0.717) is 15.8 Å². The van der Waals surface area contributed by atoms with Gasteiger partial charge in [-0.15, -0.1) is 0 Å². The minimum Gasteiger partial charge on any atom is -0.503 e. The Morgan fingerprint density at radius 3 is 2.72 bits per heavy atom. The number of rotatable bonds is 6. The molecule has 7 nitrogen and oxygen atoms in total. The van der Waals surface area contributed by atoms with Crippen LogP contribution in [0, 0.1) is 0 Å². The molecule has 0 bridgehead atoms. The van der Waals surface area contributed by atoms with Crippen LogP contribution in [0.4, 0.5) is 0 Å². The molecule has 0 saturated carbocycles. The minimum atomic E-state index is -0.607. The summed E-state index contributed by atoms with van der Waals surface area (Å²) in [6.45, 7) is -0.122. The zero-order valence-electron chi connectivity index (χ0n) is 13.4. The fourth-order valence-electron chi connectivity index (χ4n) is 1.87. The number of benzene rings is 1. The molecule has 0 unspecified atom stereocenters. The molecule has 1 heterocycles. The van der Waals surface area contributed by atoms with Crippen molar-refractivity contribution in [3.8, 4) is 11.5 Å². The van der Waals surface area contributed by atoms with E-state index in [1.54, 1.807) is 12.1 Å². The lowest BCUT2D eigenvalue weighted by molar-refractivity contribution is -0.139. The molecule has 8 heteroatoms. The topological polar surface area (TPSA) is 95.2 Å². The standard InChI is InChI=1S/C17H15BrO7/c1-22-14-8-10(7-12(18)16(14)20)3-6-15(19)24-9-11-4-5-13(25-11)17(21)23-2/h3-8,20H,9H2,1-2H3/b6-3+. The molecule has 1 aromatic carbocycles. The van der Waals surface area contributed by atoms with Crippen LogP contribution < -0.4 is 4.74 Å². The first-order valence-corrected chi connectivity index (χ1v) is 7.82. The monoisotopic (exact) mass is 410 g/mol. The average Bonchev–Trinajstić information content (AvgIpc) is 3.09. The number of phenols is 1. The summed E-state index contributed by atoms with van der Waals surface area (Å²) in [5, 5.41) is 9.74. The van der Waals surface area contributed by atoms with Crippen molar-refractivity contribution in [3.63, 3.8) is 0 Å². The van der Waals surface area contributed by atoms with Crippen LogP contribution in [0.25, 0.3) is 6.08 Å². The van der Waals surface area contributed by atoms with Crippen molar-refractivity contribution >= 4 is 33.9 Å². The van der Waals surface area contributed by atoms with E-state index in [9.17, 15) is 14.7 Å². The van der Waals surface area contributed by atoms with Gasteiger partial charge < -0.3 is 23.7 Å². The highest BCUT2D eigenvalue weighted by atomic mass is 79.9. The van der Waals surface area contributed by atoms with Gasteiger partial charge >= 0.3 is 11.9 Å². The second-order valence-electron chi connectivity index (χ2n) is 4.75. The summed E-state index contributed by atoms with van der Waals surface area (Å²) in [7, 11) is 2.67. The van der Waals surface area contributed by atoms with Gasteiger partial charge in [-0.1, -0.05) is 0 Å². The van der Waals surface area contributed by atoms with Gasteiger partial charge in [0.15, 0.2) is 11.5 Å². The highest BCUT2D eigenvalue weighted by molar-refractivity contribution is 9.10. The zero-order valence-corrected chi connectivity index (χ0v) is 15.0. The predicted octanol–water partition coefficient (Wildman–Crippen LogP) is 3.30. The van der Waals surface area contributed by atoms with Gasteiger partial charge in [0.25, 0.3) is 0 Å². The minimum absolute atomic E-state index is 0.0264. The summed E-state index contributed by atoms with van der Waals surface area (Å²) < 4.78 is 20.2. The third-order valence-corrected chi connectivity index (χ3v) is 3.69. The molecule has 0 fully saturated rings. The quantitative estimate of drug-likeness (QED) is 0.576. The van der Waals surface area contributed by atoms with Gasteiger partial charge in [0.1, 0.15) is 12.4 Å². The molecule has 0 radical (unpaired) electrons. The first kappa shape index (κ1) is 18.6. The molecule has 1 aromatic heterocycles. The van der Waals surface area contributed by atoms with Gasteiger partial charge in [0, 0.05) is 6.08 Å². The molecule has 0 saturated heterocycles. The number of hydrogen-bond donors (Lipinski definition) is 1. The van der Waals surface area contributed by atoms with E-state index in [0.717, 1.165) is 0 Å². The van der Waals surface area contributed by atoms with Gasteiger partial charge in [0.2, 0.25) is 5.76 Å². The molecular weight excluding hydrogens is 396 g/mol. The van der Waals surface area contributed by atoms with Crippen LogP contribution in [0.5, 0.6) is 11.5 Å². The number of ether oxygens (including phenoxy) is 3. The fraction of sp³-hybridized carbons (Fsp3) is 0.176. The molecule has 0 aliphatic heterocycles. The van der Waals surface area contributed by atoms with E-state index < -0.39 is 11.9 Å². The van der Waals surface area contributed by atoms with Crippen molar-refractivity contribution in [1.82, 2.24) is 0 Å². The van der Waals surface area contributed by atoms with E-state index in [1.807, 2.05) is 0 Å². The smallest absolute Gasteiger partial charge is 0.373 e. The number of aromatic hydroxyl groups is 1. The summed E-state index contributed by atoms with van der Waals surface area (Å²) in [5.41, 5.74) is 0.629. The van der Waals surface area contributed by atoms with Crippen molar-refractivity contribution in [1.29, 1.82) is 0 Å². The van der Waals surface area contributed by atoms with E-state index in [-0.39, 0.29) is 23.9 Å². The molecular formula is C17H15BrO7. The van der Waals surface area contributed by atoms with E-state index in [1.165, 1.54) is 38.5 Å². The lowest BCUT2D eigenvalue weighted by Gasteiger charge is -2.06. The first-order valence-electron chi connectivity index (χ1n) is 7.03. The van der Waals surface area contributed by atoms with Crippen LogP contribution >= 0.6 is 15.9 Å². The first-order chi connectivity index (χ1) is 11.9. The third kappa shape index (κ3) is 4.87. The van der Waals surface area contributed by atoms with Crippen LogP contribution in [0.2, 0.25) is 0 Å². The van der Waals surface area contributed by atoms with Gasteiger partial charge in [0.05, 0.1) is 18.7 Å². The summed E-state index contributed by atoms with van der Waals surface area (Å²) in [6.07, 6.45) is 2.74. The predicted molar refractivity (Wildman–Crippen MR) is 91.2 cm³/mol. The molecule has 2 rings (SSSR count). The van der Waals surface area contributed by atoms with E-state index in [4.69, 9.17) is 13.9 Å². The maximum Gasteiger partial charge on any atom is 0.373 e. The normalized spacial score (nSPS) is 10.7. The van der Waals surface area contributed by atoms with Crippen molar-refractivity contribution in [2.75, 3.05) is 14.2 Å². The zero-order chi connectivity index (χ0) is 18.4. The van der Waals surface area contributed by atoms with Gasteiger partial charge in [-0.3, -0.25) is 0 Å². The molecule has 25 heavy (non-hydrogen) atoms. The number of carbonyl (C=O) groups excluding carboxylic acids is 2. The molecule has 1 N–H and O–H groups in total. The maximum absolute atomic E-state index is 11.8. The fourth-order valence-corrected chi connectivity index (χ4v) is 2.33. The van der Waals surface area contributed by atoms with Gasteiger partial charge in [-0.25, -0.2) is 9.59 Å². The Kier molecular flexibility index (Phi) is 6.24. The number of phenolic OH excluding ortho intramolecular Hbond substituents is 1. The Balaban J connectivity index is 1.96. The second kappa shape index (κ2) is 8.39. The van der Waals surface area contributed by atoms with Crippen LogP contribution in [-0.4, -0.2) is 31.3 Å². The van der Waals surface area contributed by atoms with E-state index >= 15 is 0 Å². The van der Waals surface area contributed by atoms with Crippen molar-refractivity contribution < 1.29 is 33.3 Å². The van der Waals surface area contributed by atoms with Crippen LogP contribution in [0.3, 0.4) is 0 Å². The molecule has 0 atom stereocenters. The van der Waals surface area contributed by atoms with Crippen LogP contribution in [-0.2, 0) is 20.9 Å². The van der Waals surface area contributed by atoms with Gasteiger partial charge in [-0.05, 0) is 51.8 Å². The van der Waals surface area contributed by atoms with E-state index in [2.05, 4.69) is 20.7 Å². The summed E-state index contributed by atoms with van der Waals surface area (Å²) in [4.78, 5) is 23.0. The molecule has 0 aliphatic carbocycles. The molecule has 0 spiro atoms. The summed E-state index contributed by atoms with van der Waals surface area (Å²) >= 11 is 3.20. The number of halogens is 1. The van der Waals surface area contributed by atoms with Gasteiger partial charge in [-0.2, -0.15) is 0 Å². The number of methoxy groups -OCH3 is 2. The summed E-state index contributed by atoms with van der Waals surface area (Å²) in [5.74, 6) is -0.611. The SMILES string of the molecule is COC(=O)c1ccc(COC(=O)/C=C/c2cc(Br)c(O)c(OC)c2)o1. The third-order valence-electron chi connectivity index (χ3n) is 3.09. The van der Waals surface area contributed by atoms with Crippen LogP contribution in [0.1, 0.15) is 21.9 Å². The van der Waals surface area contributed by atoms with Crippen molar-refractivity contribution in [2.24, 2.45) is 0 Å². The van der Waals surface area contributed by atoms with Crippen molar-refractivity contribution in [3.05, 3.63) is 51.9 Å². The Bertz CT molecular complexity index is 807. The van der Waals surface area contributed by atoms with Crippen molar-refractivity contribution in [2.45, 2.75) is 6.61 Å². The highest BCUT2D eigenvalue weighted by Crippen LogP contribution is 2.35. The number of hydrogen-bond acceptors (Lipinski definition) is 7. The lowest BCUT2D eigenvalue weighted by atomic mass is 10.2. The molecule has 132 valence electrons. The number of carbonyl (C=O) groups is 2. The number of esters is 2. The van der Waals surface area contributed by atoms with Crippen LogP contribution in [0.15, 0.2) is 39.2 Å². The molecule has 2 aromatic rings. The Morgan fingerprint density at radius 1 is 1.28 bits per heavy atom. The summed E-state index contributed by atoms with van der Waals surface area (Å²) in [6, 6.07) is 6.14. The highest BCUT2D eigenvalue weighted by Gasteiger charge is 2.12. The Morgan fingerprint density at radius 2 is 2.04 bits per heavy atom. The Labute approximate surface area is 151 Å². The maximum atomic E-state index is 11.8. The molecule has 0 amide bonds.